The number of hydrogen-bond acceptors (Lipinski definition) is 5. The van der Waals surface area contributed by atoms with Crippen LogP contribution in [0.15, 0.2) is 36.4 Å². The zero-order chi connectivity index (χ0) is 18.1. The summed E-state index contributed by atoms with van der Waals surface area (Å²) in [6.07, 6.45) is 0.912. The SMILES string of the molecule is CCOc1cc(CNCCc2ccc(OC)c(OC)c2)ccc1OC. The second-order valence-electron chi connectivity index (χ2n) is 5.53. The Bertz CT molecular complexity index is 673. The number of methoxy groups -OCH3 is 3. The maximum atomic E-state index is 5.61. The van der Waals surface area contributed by atoms with E-state index < -0.39 is 0 Å². The van der Waals surface area contributed by atoms with Gasteiger partial charge < -0.3 is 24.3 Å². The molecule has 0 fully saturated rings. The van der Waals surface area contributed by atoms with Gasteiger partial charge in [0.2, 0.25) is 0 Å². The molecule has 0 radical (unpaired) electrons. The molecule has 0 unspecified atom stereocenters. The van der Waals surface area contributed by atoms with Gasteiger partial charge in [0.1, 0.15) is 0 Å². The van der Waals surface area contributed by atoms with Crippen molar-refractivity contribution >= 4 is 0 Å². The first-order valence-electron chi connectivity index (χ1n) is 8.43. The molecule has 0 aliphatic rings. The molecule has 136 valence electrons. The largest absolute Gasteiger partial charge is 0.493 e. The number of nitrogens with one attached hydrogen (secondary N) is 1. The van der Waals surface area contributed by atoms with Crippen molar-refractivity contribution in [1.29, 1.82) is 0 Å². The third kappa shape index (κ3) is 5.29. The Morgan fingerprint density at radius 1 is 0.760 bits per heavy atom. The van der Waals surface area contributed by atoms with Gasteiger partial charge >= 0.3 is 0 Å². The van der Waals surface area contributed by atoms with Gasteiger partial charge in [-0.05, 0) is 55.3 Å². The van der Waals surface area contributed by atoms with Gasteiger partial charge in [-0.25, -0.2) is 0 Å². The predicted octanol–water partition coefficient (Wildman–Crippen LogP) is 3.44. The second kappa shape index (κ2) is 9.79. The summed E-state index contributed by atoms with van der Waals surface area (Å²) in [6.45, 7) is 4.23. The van der Waals surface area contributed by atoms with Crippen molar-refractivity contribution in [2.24, 2.45) is 0 Å². The van der Waals surface area contributed by atoms with E-state index in [2.05, 4.69) is 11.4 Å². The van der Waals surface area contributed by atoms with Crippen molar-refractivity contribution in [3.05, 3.63) is 47.5 Å². The zero-order valence-corrected chi connectivity index (χ0v) is 15.4. The summed E-state index contributed by atoms with van der Waals surface area (Å²) in [5.74, 6) is 3.05. The molecule has 0 aliphatic carbocycles. The Kier molecular flexibility index (Phi) is 7.41. The van der Waals surface area contributed by atoms with E-state index in [0.29, 0.717) is 6.61 Å². The Labute approximate surface area is 149 Å². The molecule has 2 aromatic carbocycles. The molecular formula is C20H27NO4. The normalized spacial score (nSPS) is 10.4. The van der Waals surface area contributed by atoms with E-state index in [-0.39, 0.29) is 0 Å². The summed E-state index contributed by atoms with van der Waals surface area (Å²) in [6, 6.07) is 12.0. The van der Waals surface area contributed by atoms with Gasteiger partial charge in [0.15, 0.2) is 23.0 Å². The van der Waals surface area contributed by atoms with E-state index in [1.165, 1.54) is 5.56 Å². The van der Waals surface area contributed by atoms with Gasteiger partial charge in [-0.1, -0.05) is 12.1 Å². The Balaban J connectivity index is 1.88. The molecule has 0 aromatic heterocycles. The van der Waals surface area contributed by atoms with Gasteiger partial charge in [-0.15, -0.1) is 0 Å². The molecule has 0 atom stereocenters. The first-order valence-corrected chi connectivity index (χ1v) is 8.43. The molecule has 2 aromatic rings. The summed E-state index contributed by atoms with van der Waals surface area (Å²) < 4.78 is 21.5. The van der Waals surface area contributed by atoms with Gasteiger partial charge in [0.25, 0.3) is 0 Å². The third-order valence-electron chi connectivity index (χ3n) is 3.90. The maximum Gasteiger partial charge on any atom is 0.161 e. The number of ether oxygens (including phenoxy) is 4. The minimum absolute atomic E-state index is 0.618. The van der Waals surface area contributed by atoms with E-state index in [9.17, 15) is 0 Å². The van der Waals surface area contributed by atoms with Crippen LogP contribution in [0.4, 0.5) is 0 Å². The van der Waals surface area contributed by atoms with Gasteiger partial charge in [-0.2, -0.15) is 0 Å². The third-order valence-corrected chi connectivity index (χ3v) is 3.90. The number of benzene rings is 2. The van der Waals surface area contributed by atoms with Crippen LogP contribution in [0.2, 0.25) is 0 Å². The summed E-state index contributed by atoms with van der Waals surface area (Å²) >= 11 is 0. The van der Waals surface area contributed by atoms with Crippen LogP contribution in [0.1, 0.15) is 18.1 Å². The molecular weight excluding hydrogens is 318 g/mol. The van der Waals surface area contributed by atoms with E-state index in [4.69, 9.17) is 18.9 Å². The lowest BCUT2D eigenvalue weighted by Gasteiger charge is -2.12. The fourth-order valence-corrected chi connectivity index (χ4v) is 2.60. The molecule has 0 spiro atoms. The molecule has 0 amide bonds. The van der Waals surface area contributed by atoms with Crippen LogP contribution in [0.5, 0.6) is 23.0 Å². The zero-order valence-electron chi connectivity index (χ0n) is 15.4. The highest BCUT2D eigenvalue weighted by Gasteiger charge is 2.06. The topological polar surface area (TPSA) is 49.0 Å². The standard InChI is InChI=1S/C20H27NO4/c1-5-25-20-13-16(7-9-18(20)23-3)14-21-11-10-15-6-8-17(22-2)19(12-15)24-4/h6-9,12-13,21H,5,10-11,14H2,1-4H3. The highest BCUT2D eigenvalue weighted by Crippen LogP contribution is 2.28. The molecule has 1 N–H and O–H groups in total. The van der Waals surface area contributed by atoms with Gasteiger partial charge in [-0.3, -0.25) is 0 Å². The van der Waals surface area contributed by atoms with Crippen LogP contribution in [-0.4, -0.2) is 34.5 Å². The summed E-state index contributed by atoms with van der Waals surface area (Å²) in [7, 11) is 4.95. The fourth-order valence-electron chi connectivity index (χ4n) is 2.60. The van der Waals surface area contributed by atoms with Crippen LogP contribution >= 0.6 is 0 Å². The van der Waals surface area contributed by atoms with Crippen molar-refractivity contribution < 1.29 is 18.9 Å². The average molecular weight is 345 g/mol. The lowest BCUT2D eigenvalue weighted by atomic mass is 10.1. The minimum atomic E-state index is 0.618. The van der Waals surface area contributed by atoms with Crippen LogP contribution in [0, 0.1) is 0 Å². The van der Waals surface area contributed by atoms with E-state index in [1.807, 2.05) is 37.3 Å². The fraction of sp³-hybridized carbons (Fsp3) is 0.400. The Morgan fingerprint density at radius 3 is 2.00 bits per heavy atom. The van der Waals surface area contributed by atoms with Gasteiger partial charge in [0, 0.05) is 6.54 Å². The quantitative estimate of drug-likeness (QED) is 0.669. The molecule has 25 heavy (non-hydrogen) atoms. The molecule has 5 heteroatoms. The van der Waals surface area contributed by atoms with E-state index >= 15 is 0 Å². The first kappa shape index (κ1) is 18.9. The van der Waals surface area contributed by atoms with Crippen molar-refractivity contribution in [3.8, 4) is 23.0 Å². The Hall–Kier alpha value is -2.40. The first-order chi connectivity index (χ1) is 12.2. The minimum Gasteiger partial charge on any atom is -0.493 e. The molecule has 0 aliphatic heterocycles. The molecule has 5 nitrogen and oxygen atoms in total. The monoisotopic (exact) mass is 345 g/mol. The lowest BCUT2D eigenvalue weighted by molar-refractivity contribution is 0.310. The molecule has 0 saturated heterocycles. The van der Waals surface area contributed by atoms with Crippen molar-refractivity contribution in [1.82, 2.24) is 5.32 Å². The highest BCUT2D eigenvalue weighted by molar-refractivity contribution is 5.43. The predicted molar refractivity (Wildman–Crippen MR) is 99.1 cm³/mol. The Morgan fingerprint density at radius 2 is 1.36 bits per heavy atom. The summed E-state index contributed by atoms with van der Waals surface area (Å²) in [4.78, 5) is 0. The van der Waals surface area contributed by atoms with Crippen LogP contribution in [0.3, 0.4) is 0 Å². The second-order valence-corrected chi connectivity index (χ2v) is 5.53. The molecule has 2 rings (SSSR count). The van der Waals surface area contributed by atoms with Crippen molar-refractivity contribution in [2.45, 2.75) is 19.9 Å². The average Bonchev–Trinajstić information content (AvgIpc) is 2.65. The van der Waals surface area contributed by atoms with Crippen LogP contribution in [0.25, 0.3) is 0 Å². The summed E-state index contributed by atoms with van der Waals surface area (Å²) in [5.41, 5.74) is 2.37. The number of rotatable bonds is 10. The smallest absolute Gasteiger partial charge is 0.161 e. The van der Waals surface area contributed by atoms with Crippen molar-refractivity contribution in [3.63, 3.8) is 0 Å². The van der Waals surface area contributed by atoms with Crippen LogP contribution < -0.4 is 24.3 Å². The van der Waals surface area contributed by atoms with E-state index in [0.717, 1.165) is 48.1 Å². The number of hydrogen-bond donors (Lipinski definition) is 1. The van der Waals surface area contributed by atoms with E-state index in [1.54, 1.807) is 21.3 Å². The molecule has 0 saturated carbocycles. The van der Waals surface area contributed by atoms with Gasteiger partial charge in [0.05, 0.1) is 27.9 Å². The lowest BCUT2D eigenvalue weighted by Crippen LogP contribution is -2.16. The molecule has 0 heterocycles. The summed E-state index contributed by atoms with van der Waals surface area (Å²) in [5, 5.41) is 3.45. The highest BCUT2D eigenvalue weighted by atomic mass is 16.5. The maximum absolute atomic E-state index is 5.61. The van der Waals surface area contributed by atoms with Crippen molar-refractivity contribution in [2.75, 3.05) is 34.5 Å². The van der Waals surface area contributed by atoms with Crippen LogP contribution in [-0.2, 0) is 13.0 Å². The molecule has 0 bridgehead atoms.